The molecule has 3 heterocycles. The van der Waals surface area contributed by atoms with Crippen LogP contribution in [0.3, 0.4) is 0 Å². The van der Waals surface area contributed by atoms with Gasteiger partial charge in [0.15, 0.2) is 0 Å². The number of rotatable bonds is 4. The molecular formula is C19H30Cl2N4O. The molecule has 3 unspecified atom stereocenters. The Balaban J connectivity index is 0.00000121. The van der Waals surface area contributed by atoms with Crippen molar-refractivity contribution < 1.29 is 4.79 Å². The Hall–Kier alpha value is -1.04. The summed E-state index contributed by atoms with van der Waals surface area (Å²) in [6, 6.07) is 4.73. The third-order valence-corrected chi connectivity index (χ3v) is 5.89. The standard InChI is InChI=1S/C19H28N4O.2ClH/c24-19(17-11-15-5-1-2-6-16(15)22-17)21-13-14-7-8-18(20-12-14)23-9-3-4-10-23;;/h7-8,12,15-17,22H,1-6,9-11,13H2,(H,21,24);2*1H. The molecule has 1 aliphatic carbocycles. The highest BCUT2D eigenvalue weighted by Crippen LogP contribution is 2.33. The molecule has 146 valence electrons. The number of nitrogens with zero attached hydrogens (tertiary/aromatic N) is 2. The molecule has 0 spiro atoms. The maximum Gasteiger partial charge on any atom is 0.237 e. The Bertz CT molecular complexity index is 563. The lowest BCUT2D eigenvalue weighted by atomic mass is 9.85. The van der Waals surface area contributed by atoms with Crippen LogP contribution in [0.15, 0.2) is 18.3 Å². The third kappa shape index (κ3) is 4.81. The molecule has 3 aliphatic rings. The topological polar surface area (TPSA) is 57.3 Å². The van der Waals surface area contributed by atoms with Gasteiger partial charge in [0.1, 0.15) is 5.82 Å². The van der Waals surface area contributed by atoms with Gasteiger partial charge in [0.05, 0.1) is 6.04 Å². The van der Waals surface area contributed by atoms with E-state index in [1.165, 1.54) is 38.5 Å². The minimum Gasteiger partial charge on any atom is -0.357 e. The van der Waals surface area contributed by atoms with Crippen LogP contribution in [0.25, 0.3) is 0 Å². The van der Waals surface area contributed by atoms with E-state index in [-0.39, 0.29) is 36.8 Å². The average molecular weight is 401 g/mol. The summed E-state index contributed by atoms with van der Waals surface area (Å²) < 4.78 is 0. The van der Waals surface area contributed by atoms with Crippen molar-refractivity contribution in [2.75, 3.05) is 18.0 Å². The summed E-state index contributed by atoms with van der Waals surface area (Å²) in [4.78, 5) is 19.3. The molecule has 0 aromatic carbocycles. The summed E-state index contributed by atoms with van der Waals surface area (Å²) in [5.41, 5.74) is 1.07. The summed E-state index contributed by atoms with van der Waals surface area (Å²) >= 11 is 0. The van der Waals surface area contributed by atoms with E-state index < -0.39 is 0 Å². The van der Waals surface area contributed by atoms with Gasteiger partial charge < -0.3 is 15.5 Å². The minimum atomic E-state index is -0.00469. The minimum absolute atomic E-state index is 0. The van der Waals surface area contributed by atoms with Crippen LogP contribution in [0, 0.1) is 5.92 Å². The number of hydrogen-bond donors (Lipinski definition) is 2. The Labute approximate surface area is 168 Å². The van der Waals surface area contributed by atoms with Crippen molar-refractivity contribution in [2.45, 2.75) is 63.6 Å². The van der Waals surface area contributed by atoms with E-state index in [1.807, 2.05) is 6.20 Å². The highest BCUT2D eigenvalue weighted by atomic mass is 35.5. The summed E-state index contributed by atoms with van der Waals surface area (Å²) in [5.74, 6) is 1.91. The van der Waals surface area contributed by atoms with Gasteiger partial charge in [0, 0.05) is 31.9 Å². The van der Waals surface area contributed by atoms with Crippen LogP contribution in [0.1, 0.15) is 50.5 Å². The monoisotopic (exact) mass is 400 g/mol. The van der Waals surface area contributed by atoms with Crippen LogP contribution >= 0.6 is 24.8 Å². The largest absolute Gasteiger partial charge is 0.357 e. The van der Waals surface area contributed by atoms with Gasteiger partial charge in [0.2, 0.25) is 5.91 Å². The number of nitrogens with one attached hydrogen (secondary N) is 2. The number of carbonyl (C=O) groups is 1. The number of pyridine rings is 1. The van der Waals surface area contributed by atoms with Crippen LogP contribution in [0.5, 0.6) is 0 Å². The molecule has 4 rings (SSSR count). The average Bonchev–Trinajstić information content (AvgIpc) is 3.29. The quantitative estimate of drug-likeness (QED) is 0.814. The molecule has 0 bridgehead atoms. The number of aromatic nitrogens is 1. The number of carbonyl (C=O) groups excluding carboxylic acids is 1. The van der Waals surface area contributed by atoms with Crippen molar-refractivity contribution in [3.8, 4) is 0 Å². The van der Waals surface area contributed by atoms with Crippen molar-refractivity contribution in [1.29, 1.82) is 0 Å². The van der Waals surface area contributed by atoms with Crippen molar-refractivity contribution in [3.05, 3.63) is 23.9 Å². The van der Waals surface area contributed by atoms with Crippen molar-refractivity contribution >= 4 is 36.5 Å². The van der Waals surface area contributed by atoms with Gasteiger partial charge in [0.25, 0.3) is 0 Å². The first-order valence-electron chi connectivity index (χ1n) is 9.53. The SMILES string of the molecule is Cl.Cl.O=C(NCc1ccc(N2CCCC2)nc1)C1CC2CCCCC2N1. The van der Waals surface area contributed by atoms with Gasteiger partial charge in [-0.1, -0.05) is 18.9 Å². The molecule has 3 fully saturated rings. The smallest absolute Gasteiger partial charge is 0.237 e. The fourth-order valence-corrected chi connectivity index (χ4v) is 4.49. The summed E-state index contributed by atoms with van der Waals surface area (Å²) in [5, 5.41) is 6.63. The zero-order valence-electron chi connectivity index (χ0n) is 15.2. The number of halogens is 2. The molecule has 3 atom stereocenters. The summed E-state index contributed by atoms with van der Waals surface area (Å²) in [6.07, 6.45) is 10.6. The van der Waals surface area contributed by atoms with E-state index in [0.29, 0.717) is 18.5 Å². The summed E-state index contributed by atoms with van der Waals surface area (Å²) in [6.45, 7) is 2.79. The van der Waals surface area contributed by atoms with Gasteiger partial charge in [-0.05, 0) is 49.7 Å². The van der Waals surface area contributed by atoms with E-state index in [4.69, 9.17) is 0 Å². The lowest BCUT2D eigenvalue weighted by Crippen LogP contribution is -2.42. The first-order chi connectivity index (χ1) is 11.8. The Morgan fingerprint density at radius 1 is 1.15 bits per heavy atom. The molecule has 7 heteroatoms. The van der Waals surface area contributed by atoms with Crippen molar-refractivity contribution in [2.24, 2.45) is 5.92 Å². The van der Waals surface area contributed by atoms with Gasteiger partial charge in [-0.25, -0.2) is 4.98 Å². The molecule has 1 amide bonds. The highest BCUT2D eigenvalue weighted by molar-refractivity contribution is 5.85. The van der Waals surface area contributed by atoms with Crippen molar-refractivity contribution in [1.82, 2.24) is 15.6 Å². The Morgan fingerprint density at radius 2 is 1.92 bits per heavy atom. The molecule has 26 heavy (non-hydrogen) atoms. The normalized spacial score (nSPS) is 27.2. The molecule has 2 aliphatic heterocycles. The molecule has 0 radical (unpaired) electrons. The van der Waals surface area contributed by atoms with E-state index >= 15 is 0 Å². The predicted octanol–water partition coefficient (Wildman–Crippen LogP) is 3.06. The number of fused-ring (bicyclic) bond motifs is 1. The van der Waals surface area contributed by atoms with E-state index in [9.17, 15) is 4.79 Å². The summed E-state index contributed by atoms with van der Waals surface area (Å²) in [7, 11) is 0. The number of hydrogen-bond acceptors (Lipinski definition) is 4. The molecular weight excluding hydrogens is 371 g/mol. The van der Waals surface area contributed by atoms with Crippen LogP contribution in [0.4, 0.5) is 5.82 Å². The molecule has 1 aromatic heterocycles. The second-order valence-corrected chi connectivity index (χ2v) is 7.54. The van der Waals surface area contributed by atoms with E-state index in [1.54, 1.807) is 0 Å². The predicted molar refractivity (Wildman–Crippen MR) is 109 cm³/mol. The molecule has 1 aromatic rings. The maximum atomic E-state index is 12.4. The van der Waals surface area contributed by atoms with Gasteiger partial charge in [-0.15, -0.1) is 24.8 Å². The van der Waals surface area contributed by atoms with Crippen LogP contribution in [0.2, 0.25) is 0 Å². The molecule has 2 N–H and O–H groups in total. The number of amides is 1. The van der Waals surface area contributed by atoms with E-state index in [2.05, 4.69) is 32.7 Å². The van der Waals surface area contributed by atoms with Gasteiger partial charge >= 0.3 is 0 Å². The fourth-order valence-electron chi connectivity index (χ4n) is 4.49. The first kappa shape index (κ1) is 21.3. The van der Waals surface area contributed by atoms with Crippen LogP contribution in [-0.4, -0.2) is 36.1 Å². The third-order valence-electron chi connectivity index (χ3n) is 5.89. The van der Waals surface area contributed by atoms with E-state index in [0.717, 1.165) is 30.9 Å². The number of anilines is 1. The van der Waals surface area contributed by atoms with Crippen molar-refractivity contribution in [3.63, 3.8) is 0 Å². The zero-order valence-corrected chi connectivity index (χ0v) is 16.8. The fraction of sp³-hybridized carbons (Fsp3) is 0.684. The molecule has 5 nitrogen and oxygen atoms in total. The second-order valence-electron chi connectivity index (χ2n) is 7.54. The Kier molecular flexibility index (Phi) is 7.99. The van der Waals surface area contributed by atoms with Gasteiger partial charge in [-0.3, -0.25) is 4.79 Å². The lowest BCUT2D eigenvalue weighted by Gasteiger charge is -2.24. The van der Waals surface area contributed by atoms with Gasteiger partial charge in [-0.2, -0.15) is 0 Å². The zero-order chi connectivity index (χ0) is 16.4. The highest BCUT2D eigenvalue weighted by Gasteiger charge is 2.37. The van der Waals surface area contributed by atoms with Crippen LogP contribution in [-0.2, 0) is 11.3 Å². The molecule has 2 saturated heterocycles. The maximum absolute atomic E-state index is 12.4. The molecule has 1 saturated carbocycles. The first-order valence-corrected chi connectivity index (χ1v) is 9.53. The second kappa shape index (κ2) is 9.77. The van der Waals surface area contributed by atoms with Crippen LogP contribution < -0.4 is 15.5 Å². The lowest BCUT2D eigenvalue weighted by molar-refractivity contribution is -0.123. The Morgan fingerprint density at radius 3 is 2.62 bits per heavy atom.